The van der Waals surface area contributed by atoms with Crippen LogP contribution in [0.1, 0.15) is 63.0 Å². The van der Waals surface area contributed by atoms with Gasteiger partial charge in [-0.3, -0.25) is 14.9 Å². The highest BCUT2D eigenvalue weighted by Crippen LogP contribution is 2.47. The van der Waals surface area contributed by atoms with Gasteiger partial charge < -0.3 is 20.5 Å². The predicted octanol–water partition coefficient (Wildman–Crippen LogP) is 3.93. The number of halogens is 3. The molecule has 1 heterocycles. The Bertz CT molecular complexity index is 1200. The van der Waals surface area contributed by atoms with Crippen LogP contribution in [-0.4, -0.2) is 46.8 Å². The van der Waals surface area contributed by atoms with E-state index in [1.165, 1.54) is 24.3 Å². The SMILES string of the molecule is O=C(COc1ccc(Cl)c(F)c1)NC12CCC(NC(=O)C3CCCC(c4cccc(F)c4)N3)(CC1)CC2O. The van der Waals surface area contributed by atoms with Crippen molar-refractivity contribution in [2.75, 3.05) is 6.61 Å². The minimum atomic E-state index is -0.832. The van der Waals surface area contributed by atoms with Gasteiger partial charge in [0.15, 0.2) is 6.61 Å². The van der Waals surface area contributed by atoms with Crippen LogP contribution in [0.3, 0.4) is 0 Å². The van der Waals surface area contributed by atoms with Crippen LogP contribution in [0, 0.1) is 11.6 Å². The molecule has 3 aliphatic carbocycles. The van der Waals surface area contributed by atoms with E-state index in [-0.39, 0.29) is 35.1 Å². The lowest BCUT2D eigenvalue weighted by Gasteiger charge is -2.56. The largest absolute Gasteiger partial charge is 0.484 e. The zero-order valence-electron chi connectivity index (χ0n) is 20.9. The fourth-order valence-corrected chi connectivity index (χ4v) is 6.29. The van der Waals surface area contributed by atoms with Gasteiger partial charge >= 0.3 is 0 Å². The van der Waals surface area contributed by atoms with Gasteiger partial charge in [-0.15, -0.1) is 0 Å². The van der Waals surface area contributed by atoms with Crippen LogP contribution in [0.15, 0.2) is 42.5 Å². The minimum absolute atomic E-state index is 0.0329. The maximum atomic E-state index is 13.7. The number of fused-ring (bicyclic) bond motifs is 3. The van der Waals surface area contributed by atoms with Gasteiger partial charge in [0.25, 0.3) is 5.91 Å². The fraction of sp³-hybridized carbons (Fsp3) is 0.500. The summed E-state index contributed by atoms with van der Waals surface area (Å²) in [7, 11) is 0. The third-order valence-electron chi connectivity index (χ3n) is 8.31. The van der Waals surface area contributed by atoms with Gasteiger partial charge in [0, 0.05) is 17.6 Å². The molecule has 4 aliphatic rings. The van der Waals surface area contributed by atoms with Crippen molar-refractivity contribution in [3.63, 3.8) is 0 Å². The molecule has 1 aliphatic heterocycles. The first-order chi connectivity index (χ1) is 18.2. The number of carbonyl (C=O) groups excluding carboxylic acids is 2. The number of hydrogen-bond donors (Lipinski definition) is 4. The number of aliphatic hydroxyl groups excluding tert-OH is 1. The highest BCUT2D eigenvalue weighted by atomic mass is 35.5. The highest BCUT2D eigenvalue weighted by molar-refractivity contribution is 6.30. The molecular weight excluding hydrogens is 516 g/mol. The van der Waals surface area contributed by atoms with Crippen molar-refractivity contribution in [1.82, 2.24) is 16.0 Å². The third kappa shape index (κ3) is 5.65. The van der Waals surface area contributed by atoms with Gasteiger partial charge in [-0.25, -0.2) is 8.78 Å². The molecule has 10 heteroatoms. The summed E-state index contributed by atoms with van der Waals surface area (Å²) in [6.45, 7) is -0.322. The van der Waals surface area contributed by atoms with E-state index in [0.29, 0.717) is 38.5 Å². The molecular formula is C28H32ClF2N3O4. The second-order valence-electron chi connectivity index (χ2n) is 10.8. The molecule has 2 amide bonds. The van der Waals surface area contributed by atoms with E-state index in [9.17, 15) is 23.5 Å². The van der Waals surface area contributed by atoms with Crippen LogP contribution in [0.2, 0.25) is 5.02 Å². The molecule has 0 aromatic heterocycles. The number of carbonyl (C=O) groups is 2. The van der Waals surface area contributed by atoms with Crippen molar-refractivity contribution >= 4 is 23.4 Å². The summed E-state index contributed by atoms with van der Waals surface area (Å²) in [5, 5.41) is 20.5. The van der Waals surface area contributed by atoms with Crippen LogP contribution in [-0.2, 0) is 9.59 Å². The van der Waals surface area contributed by atoms with E-state index < -0.39 is 34.9 Å². The molecule has 3 saturated carbocycles. The minimum Gasteiger partial charge on any atom is -0.484 e. The number of hydrogen-bond acceptors (Lipinski definition) is 5. The molecule has 1 saturated heterocycles. The van der Waals surface area contributed by atoms with Gasteiger partial charge in [-0.2, -0.15) is 0 Å². The number of nitrogens with one attached hydrogen (secondary N) is 3. The number of piperidine rings is 1. The number of benzene rings is 2. The third-order valence-corrected chi connectivity index (χ3v) is 8.62. The van der Waals surface area contributed by atoms with Gasteiger partial charge in [0.2, 0.25) is 5.91 Å². The first-order valence-corrected chi connectivity index (χ1v) is 13.5. The monoisotopic (exact) mass is 547 g/mol. The number of ether oxygens (including phenoxy) is 1. The number of rotatable bonds is 7. The molecule has 2 aromatic carbocycles. The van der Waals surface area contributed by atoms with E-state index in [2.05, 4.69) is 16.0 Å². The average Bonchev–Trinajstić information content (AvgIpc) is 2.90. The Morgan fingerprint density at radius 2 is 1.87 bits per heavy atom. The summed E-state index contributed by atoms with van der Waals surface area (Å²) in [6.07, 6.45) is 4.15. The summed E-state index contributed by atoms with van der Waals surface area (Å²) < 4.78 is 32.7. The van der Waals surface area contributed by atoms with Crippen LogP contribution in [0.5, 0.6) is 5.75 Å². The van der Waals surface area contributed by atoms with Crippen LogP contribution < -0.4 is 20.7 Å². The quantitative estimate of drug-likeness (QED) is 0.421. The Balaban J connectivity index is 1.15. The summed E-state index contributed by atoms with van der Waals surface area (Å²) >= 11 is 5.67. The lowest BCUT2D eigenvalue weighted by atomic mass is 9.59. The van der Waals surface area contributed by atoms with Crippen molar-refractivity contribution in [3.8, 4) is 5.75 Å². The van der Waals surface area contributed by atoms with Crippen LogP contribution in [0.25, 0.3) is 0 Å². The van der Waals surface area contributed by atoms with Gasteiger partial charge in [0.05, 0.1) is 22.7 Å². The van der Waals surface area contributed by atoms with Gasteiger partial charge in [0.1, 0.15) is 17.4 Å². The Labute approximate surface area is 225 Å². The second kappa shape index (κ2) is 10.8. The standard InChI is InChI=1S/C28H32ClF2N3O4/c29-20-8-7-19(14-21(20)31)38-16-25(36)33-28-11-9-27(10-12-28,15-24(28)35)34-26(37)23-6-2-5-22(32-23)17-3-1-4-18(30)13-17/h1,3-4,7-8,13-14,22-24,32,35H,2,5-6,9-12,15-16H2,(H,33,36)(H,34,37). The average molecular weight is 548 g/mol. The van der Waals surface area contributed by atoms with E-state index in [0.717, 1.165) is 24.5 Å². The Hall–Kier alpha value is -2.75. The smallest absolute Gasteiger partial charge is 0.258 e. The first kappa shape index (κ1) is 26.8. The number of amides is 2. The molecule has 3 unspecified atom stereocenters. The van der Waals surface area contributed by atoms with Crippen molar-refractivity contribution in [3.05, 3.63) is 64.7 Å². The van der Waals surface area contributed by atoms with E-state index in [1.54, 1.807) is 6.07 Å². The first-order valence-electron chi connectivity index (χ1n) is 13.1. The lowest BCUT2D eigenvalue weighted by molar-refractivity contribution is -0.137. The van der Waals surface area contributed by atoms with Crippen LogP contribution in [0.4, 0.5) is 8.78 Å². The van der Waals surface area contributed by atoms with Crippen molar-refractivity contribution in [2.24, 2.45) is 0 Å². The molecule has 4 fully saturated rings. The van der Waals surface area contributed by atoms with Gasteiger partial charge in [-0.1, -0.05) is 23.7 Å². The maximum Gasteiger partial charge on any atom is 0.258 e. The zero-order valence-corrected chi connectivity index (χ0v) is 21.7. The second-order valence-corrected chi connectivity index (χ2v) is 11.2. The van der Waals surface area contributed by atoms with Crippen molar-refractivity contribution in [1.29, 1.82) is 0 Å². The van der Waals surface area contributed by atoms with E-state index in [4.69, 9.17) is 16.3 Å². The molecule has 6 rings (SSSR count). The van der Waals surface area contributed by atoms with Gasteiger partial charge in [-0.05, 0) is 81.2 Å². The molecule has 0 radical (unpaired) electrons. The Morgan fingerprint density at radius 3 is 2.58 bits per heavy atom. The Kier molecular flexibility index (Phi) is 7.62. The zero-order chi connectivity index (χ0) is 26.9. The molecule has 2 bridgehead atoms. The maximum absolute atomic E-state index is 13.7. The highest BCUT2D eigenvalue weighted by Gasteiger charge is 2.55. The molecule has 3 atom stereocenters. The predicted molar refractivity (Wildman–Crippen MR) is 138 cm³/mol. The van der Waals surface area contributed by atoms with Crippen LogP contribution >= 0.6 is 11.6 Å². The van der Waals surface area contributed by atoms with Crippen molar-refractivity contribution < 1.29 is 28.2 Å². The topological polar surface area (TPSA) is 99.7 Å². The molecule has 38 heavy (non-hydrogen) atoms. The lowest BCUT2D eigenvalue weighted by Crippen LogP contribution is -2.71. The van der Waals surface area contributed by atoms with E-state index >= 15 is 0 Å². The summed E-state index contributed by atoms with van der Waals surface area (Å²) in [6, 6.07) is 9.91. The molecule has 2 aromatic rings. The molecule has 7 nitrogen and oxygen atoms in total. The summed E-state index contributed by atoms with van der Waals surface area (Å²) in [5.41, 5.74) is -0.491. The molecule has 0 spiro atoms. The normalized spacial score (nSPS) is 30.5. The number of aliphatic hydroxyl groups is 1. The van der Waals surface area contributed by atoms with E-state index in [1.807, 2.05) is 6.07 Å². The molecule has 204 valence electrons. The fourth-order valence-electron chi connectivity index (χ4n) is 6.17. The summed E-state index contributed by atoms with van der Waals surface area (Å²) in [4.78, 5) is 25.9. The van der Waals surface area contributed by atoms with Crippen molar-refractivity contribution in [2.45, 2.75) is 80.6 Å². The summed E-state index contributed by atoms with van der Waals surface area (Å²) in [5.74, 6) is -1.27. The Morgan fingerprint density at radius 1 is 1.08 bits per heavy atom. The molecule has 4 N–H and O–H groups in total.